The Hall–Kier alpha value is -2.41. The molecule has 0 radical (unpaired) electrons. The second-order valence-electron chi connectivity index (χ2n) is 7.26. The largest absolute Gasteiger partial charge is 0.352 e. The molecule has 0 aromatic heterocycles. The first-order valence-electron chi connectivity index (χ1n) is 8.90. The van der Waals surface area contributed by atoms with Crippen LogP contribution in [0.2, 0.25) is 0 Å². The van der Waals surface area contributed by atoms with Gasteiger partial charge in [-0.15, -0.1) is 0 Å². The van der Waals surface area contributed by atoms with Gasteiger partial charge in [-0.2, -0.15) is 0 Å². The highest BCUT2D eigenvalue weighted by molar-refractivity contribution is 6.05. The quantitative estimate of drug-likeness (QED) is 0.684. The summed E-state index contributed by atoms with van der Waals surface area (Å²) in [5.74, 6) is -1.01. The number of rotatable bonds is 5. The fraction of sp³-hybridized carbons (Fsp3) is 0.526. The van der Waals surface area contributed by atoms with Crippen molar-refractivity contribution in [1.29, 1.82) is 0 Å². The Kier molecular flexibility index (Phi) is 6.37. The zero-order valence-corrected chi connectivity index (χ0v) is 15.8. The molecule has 0 unspecified atom stereocenters. The predicted octanol–water partition coefficient (Wildman–Crippen LogP) is 1.08. The second-order valence-corrected chi connectivity index (χ2v) is 7.26. The van der Waals surface area contributed by atoms with Crippen LogP contribution in [0.4, 0.5) is 5.69 Å². The maximum atomic E-state index is 12.6. The average molecular weight is 360 g/mol. The lowest BCUT2D eigenvalue weighted by Gasteiger charge is -2.24. The zero-order valence-electron chi connectivity index (χ0n) is 15.8. The van der Waals surface area contributed by atoms with E-state index in [0.717, 1.165) is 11.1 Å². The number of hydrogen-bond acceptors (Lipinski definition) is 4. The first kappa shape index (κ1) is 19.9. The highest BCUT2D eigenvalue weighted by Gasteiger charge is 2.38. The number of anilines is 1. The summed E-state index contributed by atoms with van der Waals surface area (Å²) in [5, 5.41) is 5.57. The van der Waals surface area contributed by atoms with E-state index < -0.39 is 11.9 Å². The molecule has 1 aliphatic heterocycles. The highest BCUT2D eigenvalue weighted by atomic mass is 16.2. The monoisotopic (exact) mass is 360 g/mol. The van der Waals surface area contributed by atoms with Crippen molar-refractivity contribution >= 4 is 23.4 Å². The van der Waals surface area contributed by atoms with Crippen LogP contribution in [0.3, 0.4) is 0 Å². The van der Waals surface area contributed by atoms with Gasteiger partial charge in [-0.05, 0) is 45.7 Å². The molecular formula is C19H28N4O3. The zero-order chi connectivity index (χ0) is 19.4. The van der Waals surface area contributed by atoms with Crippen LogP contribution in [0.5, 0.6) is 0 Å². The van der Waals surface area contributed by atoms with Gasteiger partial charge in [0.1, 0.15) is 12.5 Å². The summed E-state index contributed by atoms with van der Waals surface area (Å²) in [6, 6.07) is 4.78. The van der Waals surface area contributed by atoms with Crippen LogP contribution in [-0.4, -0.2) is 47.3 Å². The van der Waals surface area contributed by atoms with Crippen molar-refractivity contribution in [3.63, 3.8) is 0 Å². The number of nitrogens with two attached hydrogens (primary N) is 1. The van der Waals surface area contributed by atoms with Crippen molar-refractivity contribution in [2.24, 2.45) is 5.73 Å². The van der Waals surface area contributed by atoms with Gasteiger partial charge in [0, 0.05) is 24.3 Å². The van der Waals surface area contributed by atoms with E-state index in [2.05, 4.69) is 10.6 Å². The molecule has 0 bridgehead atoms. The molecule has 0 spiro atoms. The predicted molar refractivity (Wildman–Crippen MR) is 101 cm³/mol. The summed E-state index contributed by atoms with van der Waals surface area (Å²) < 4.78 is 0. The number of carbonyl (C=O) groups excluding carboxylic acids is 3. The summed E-state index contributed by atoms with van der Waals surface area (Å²) in [4.78, 5) is 38.6. The molecule has 2 rings (SSSR count). The molecule has 1 aromatic rings. The smallest absolute Gasteiger partial charge is 0.243 e. The van der Waals surface area contributed by atoms with Crippen molar-refractivity contribution in [2.75, 3.05) is 11.9 Å². The van der Waals surface area contributed by atoms with E-state index >= 15 is 0 Å². The van der Waals surface area contributed by atoms with Gasteiger partial charge in [-0.1, -0.05) is 17.7 Å². The Morgan fingerprint density at radius 2 is 1.96 bits per heavy atom. The number of hydrogen-bond donors (Lipinski definition) is 3. The standard InChI is InChI=1S/C19H28N4O3/c1-11(2)21-19(26)16-8-14(20)10-23(16)18(25)9-17(24)22-15-6-5-12(3)7-13(15)4/h5-7,11,14,16H,8-10,20H2,1-4H3,(H,21,26)(H,22,24)/t14-,16-/m0/s1. The van der Waals surface area contributed by atoms with Gasteiger partial charge in [-0.3, -0.25) is 14.4 Å². The van der Waals surface area contributed by atoms with E-state index in [0.29, 0.717) is 12.1 Å². The molecule has 1 heterocycles. The SMILES string of the molecule is Cc1ccc(NC(=O)CC(=O)N2C[C@@H](N)C[C@H]2C(=O)NC(C)C)c(C)c1. The van der Waals surface area contributed by atoms with Gasteiger partial charge in [0.15, 0.2) is 0 Å². The molecule has 1 aliphatic rings. The van der Waals surface area contributed by atoms with Crippen LogP contribution in [0.15, 0.2) is 18.2 Å². The van der Waals surface area contributed by atoms with Crippen LogP contribution < -0.4 is 16.4 Å². The minimum atomic E-state index is -0.617. The number of aryl methyl sites for hydroxylation is 2. The number of likely N-dealkylation sites (tertiary alicyclic amines) is 1. The Balaban J connectivity index is 2.00. The third-order valence-electron chi connectivity index (χ3n) is 4.36. The van der Waals surface area contributed by atoms with E-state index in [1.54, 1.807) is 0 Å². The lowest BCUT2D eigenvalue weighted by atomic mass is 10.1. The van der Waals surface area contributed by atoms with Crippen LogP contribution in [0, 0.1) is 13.8 Å². The lowest BCUT2D eigenvalue weighted by molar-refractivity contribution is -0.140. The summed E-state index contributed by atoms with van der Waals surface area (Å²) in [6.45, 7) is 7.87. The third kappa shape index (κ3) is 5.05. The van der Waals surface area contributed by atoms with Gasteiger partial charge in [0.25, 0.3) is 0 Å². The fourth-order valence-corrected chi connectivity index (χ4v) is 3.16. The van der Waals surface area contributed by atoms with Crippen LogP contribution in [0.25, 0.3) is 0 Å². The first-order valence-corrected chi connectivity index (χ1v) is 8.90. The Morgan fingerprint density at radius 3 is 2.58 bits per heavy atom. The van der Waals surface area contributed by atoms with Gasteiger partial charge in [0.2, 0.25) is 17.7 Å². The van der Waals surface area contributed by atoms with Crippen LogP contribution in [0.1, 0.15) is 37.8 Å². The summed E-state index contributed by atoms with van der Waals surface area (Å²) >= 11 is 0. The van der Waals surface area contributed by atoms with Crippen LogP contribution in [-0.2, 0) is 14.4 Å². The third-order valence-corrected chi connectivity index (χ3v) is 4.36. The first-order chi connectivity index (χ1) is 12.2. The fourth-order valence-electron chi connectivity index (χ4n) is 3.16. The van der Waals surface area contributed by atoms with Crippen molar-refractivity contribution in [3.8, 4) is 0 Å². The Bertz CT molecular complexity index is 702. The molecule has 1 aromatic carbocycles. The van der Waals surface area contributed by atoms with Crippen molar-refractivity contribution < 1.29 is 14.4 Å². The number of carbonyl (C=O) groups is 3. The summed E-state index contributed by atoms with van der Waals surface area (Å²) in [5.41, 5.74) is 8.65. The van der Waals surface area contributed by atoms with E-state index in [1.807, 2.05) is 45.9 Å². The summed E-state index contributed by atoms with van der Waals surface area (Å²) in [6.07, 6.45) is 0.0917. The topological polar surface area (TPSA) is 105 Å². The van der Waals surface area contributed by atoms with Crippen molar-refractivity contribution in [2.45, 2.75) is 58.7 Å². The molecule has 7 nitrogen and oxygen atoms in total. The minimum absolute atomic E-state index is 0.0240. The van der Waals surface area contributed by atoms with Crippen LogP contribution >= 0.6 is 0 Å². The highest BCUT2D eigenvalue weighted by Crippen LogP contribution is 2.20. The van der Waals surface area contributed by atoms with Gasteiger partial charge >= 0.3 is 0 Å². The maximum Gasteiger partial charge on any atom is 0.243 e. The van der Waals surface area contributed by atoms with E-state index in [-0.39, 0.29) is 36.9 Å². The number of nitrogens with zero attached hydrogens (tertiary/aromatic N) is 1. The second kappa shape index (κ2) is 8.31. The Morgan fingerprint density at radius 1 is 1.27 bits per heavy atom. The molecule has 1 fully saturated rings. The molecule has 0 saturated carbocycles. The normalized spacial score (nSPS) is 19.5. The molecule has 0 aliphatic carbocycles. The average Bonchev–Trinajstić information content (AvgIpc) is 2.91. The van der Waals surface area contributed by atoms with Crippen molar-refractivity contribution in [3.05, 3.63) is 29.3 Å². The van der Waals surface area contributed by atoms with E-state index in [4.69, 9.17) is 5.73 Å². The van der Waals surface area contributed by atoms with Gasteiger partial charge in [-0.25, -0.2) is 0 Å². The van der Waals surface area contributed by atoms with Gasteiger partial charge in [0.05, 0.1) is 0 Å². The van der Waals surface area contributed by atoms with Crippen molar-refractivity contribution in [1.82, 2.24) is 10.2 Å². The lowest BCUT2D eigenvalue weighted by Crippen LogP contribution is -2.48. The minimum Gasteiger partial charge on any atom is -0.352 e. The molecule has 142 valence electrons. The molecule has 7 heteroatoms. The van der Waals surface area contributed by atoms with E-state index in [1.165, 1.54) is 4.90 Å². The maximum absolute atomic E-state index is 12.6. The number of amides is 3. The summed E-state index contributed by atoms with van der Waals surface area (Å²) in [7, 11) is 0. The molecule has 2 atom stereocenters. The molecule has 3 amide bonds. The number of benzene rings is 1. The molecule has 1 saturated heterocycles. The molecular weight excluding hydrogens is 332 g/mol. The molecule has 4 N–H and O–H groups in total. The van der Waals surface area contributed by atoms with Gasteiger partial charge < -0.3 is 21.3 Å². The Labute approximate surface area is 154 Å². The van der Waals surface area contributed by atoms with E-state index in [9.17, 15) is 14.4 Å². The molecule has 26 heavy (non-hydrogen) atoms. The number of nitrogens with one attached hydrogen (secondary N) is 2.